The molecule has 0 radical (unpaired) electrons. The van der Waals surface area contributed by atoms with E-state index in [0.717, 1.165) is 29.2 Å². The van der Waals surface area contributed by atoms with Crippen LogP contribution in [0.4, 0.5) is 5.69 Å². The van der Waals surface area contributed by atoms with Crippen LogP contribution in [0.3, 0.4) is 0 Å². The van der Waals surface area contributed by atoms with Crippen LogP contribution in [0, 0.1) is 0 Å². The lowest BCUT2D eigenvalue weighted by Gasteiger charge is -2.17. The first-order valence-corrected chi connectivity index (χ1v) is 9.23. The zero-order valence-corrected chi connectivity index (χ0v) is 16.0. The van der Waals surface area contributed by atoms with Crippen molar-refractivity contribution < 1.29 is 4.79 Å². The van der Waals surface area contributed by atoms with Gasteiger partial charge in [-0.3, -0.25) is 4.79 Å². The largest absolute Gasteiger partial charge is 0.383 e. The minimum atomic E-state index is -0.0911. The molecule has 0 aliphatic rings. The normalized spacial score (nSPS) is 10.4. The molecule has 0 saturated heterocycles. The molecule has 0 unspecified atom stereocenters. The molecule has 1 N–H and O–H groups in total. The van der Waals surface area contributed by atoms with E-state index in [1.807, 2.05) is 60.7 Å². The predicted molar refractivity (Wildman–Crippen MR) is 110 cm³/mol. The van der Waals surface area contributed by atoms with E-state index in [-0.39, 0.29) is 5.91 Å². The first-order valence-electron chi connectivity index (χ1n) is 8.85. The van der Waals surface area contributed by atoms with Gasteiger partial charge in [0.15, 0.2) is 0 Å². The van der Waals surface area contributed by atoms with Gasteiger partial charge >= 0.3 is 0 Å². The number of carbonyl (C=O) groups is 1. The molecule has 5 heteroatoms. The van der Waals surface area contributed by atoms with Gasteiger partial charge in [0.1, 0.15) is 5.69 Å². The third-order valence-corrected chi connectivity index (χ3v) is 4.50. The number of pyridine rings is 1. The minimum Gasteiger partial charge on any atom is -0.383 e. The topological polar surface area (TPSA) is 45.2 Å². The highest BCUT2D eigenvalue weighted by Gasteiger charge is 2.13. The quantitative estimate of drug-likeness (QED) is 0.649. The highest BCUT2D eigenvalue weighted by atomic mass is 35.5. The van der Waals surface area contributed by atoms with E-state index in [1.165, 1.54) is 5.56 Å². The van der Waals surface area contributed by atoms with Crippen molar-refractivity contribution in [3.8, 4) is 0 Å². The molecule has 1 amide bonds. The van der Waals surface area contributed by atoms with E-state index in [0.29, 0.717) is 12.2 Å². The maximum absolute atomic E-state index is 12.5. The maximum Gasteiger partial charge on any atom is 0.272 e. The molecule has 0 atom stereocenters. The molecule has 0 aliphatic carbocycles. The number of hydrogen-bond donors (Lipinski definition) is 1. The third kappa shape index (κ3) is 5.56. The Morgan fingerprint density at radius 1 is 1.00 bits per heavy atom. The highest BCUT2D eigenvalue weighted by Crippen LogP contribution is 2.12. The fraction of sp³-hybridized carbons (Fsp3) is 0.182. The van der Waals surface area contributed by atoms with Crippen LogP contribution in [0.5, 0.6) is 0 Å². The lowest BCUT2D eigenvalue weighted by atomic mass is 10.1. The fourth-order valence-electron chi connectivity index (χ4n) is 2.75. The summed E-state index contributed by atoms with van der Waals surface area (Å²) in [5.41, 5.74) is 3.64. The van der Waals surface area contributed by atoms with Gasteiger partial charge in [-0.1, -0.05) is 54.1 Å². The van der Waals surface area contributed by atoms with E-state index < -0.39 is 0 Å². The molecular formula is C22H22ClN3O. The third-order valence-electron chi connectivity index (χ3n) is 4.25. The number of nitrogens with one attached hydrogen (secondary N) is 1. The van der Waals surface area contributed by atoms with E-state index in [2.05, 4.69) is 10.3 Å². The summed E-state index contributed by atoms with van der Waals surface area (Å²) < 4.78 is 0. The van der Waals surface area contributed by atoms with Crippen molar-refractivity contribution in [1.82, 2.24) is 9.88 Å². The lowest BCUT2D eigenvalue weighted by molar-refractivity contribution is 0.0779. The Labute approximate surface area is 164 Å². The molecule has 0 fully saturated rings. The Balaban J connectivity index is 1.51. The second kappa shape index (κ2) is 9.19. The van der Waals surface area contributed by atoms with Gasteiger partial charge in [0, 0.05) is 25.2 Å². The summed E-state index contributed by atoms with van der Waals surface area (Å²) in [6.45, 7) is 1.34. The molecular weight excluding hydrogens is 358 g/mol. The molecule has 27 heavy (non-hydrogen) atoms. The zero-order chi connectivity index (χ0) is 19.1. The molecule has 0 aliphatic heterocycles. The molecule has 1 aromatic heterocycles. The minimum absolute atomic E-state index is 0.0911. The summed E-state index contributed by atoms with van der Waals surface area (Å²) in [6.07, 6.45) is 2.59. The van der Waals surface area contributed by atoms with Gasteiger partial charge in [-0.2, -0.15) is 0 Å². The second-order valence-corrected chi connectivity index (χ2v) is 6.82. The SMILES string of the molecule is CN(Cc1ccccc1)C(=O)c1ccc(NCCc2ccc(Cl)cc2)cn1. The summed E-state index contributed by atoms with van der Waals surface area (Å²) in [4.78, 5) is 18.5. The van der Waals surface area contributed by atoms with Gasteiger partial charge in [0.25, 0.3) is 5.91 Å². The molecule has 0 spiro atoms. The van der Waals surface area contributed by atoms with E-state index >= 15 is 0 Å². The van der Waals surface area contributed by atoms with Crippen molar-refractivity contribution in [2.75, 3.05) is 18.9 Å². The Morgan fingerprint density at radius 3 is 2.41 bits per heavy atom. The van der Waals surface area contributed by atoms with Crippen LogP contribution >= 0.6 is 11.6 Å². The van der Waals surface area contributed by atoms with Crippen LogP contribution in [0.1, 0.15) is 21.6 Å². The summed E-state index contributed by atoms with van der Waals surface area (Å²) >= 11 is 5.89. The molecule has 0 saturated carbocycles. The number of amides is 1. The molecule has 4 nitrogen and oxygen atoms in total. The Hall–Kier alpha value is -2.85. The number of nitrogens with zero attached hydrogens (tertiary/aromatic N) is 2. The summed E-state index contributed by atoms with van der Waals surface area (Å²) in [7, 11) is 1.79. The van der Waals surface area contributed by atoms with Gasteiger partial charge in [0.05, 0.1) is 11.9 Å². The van der Waals surface area contributed by atoms with Crippen LogP contribution in [0.25, 0.3) is 0 Å². The number of aromatic nitrogens is 1. The molecule has 0 bridgehead atoms. The fourth-order valence-corrected chi connectivity index (χ4v) is 2.88. The van der Waals surface area contributed by atoms with E-state index in [1.54, 1.807) is 24.2 Å². The summed E-state index contributed by atoms with van der Waals surface area (Å²) in [6, 6.07) is 21.4. The highest BCUT2D eigenvalue weighted by molar-refractivity contribution is 6.30. The van der Waals surface area contributed by atoms with Crippen molar-refractivity contribution in [3.05, 3.63) is 94.8 Å². The van der Waals surface area contributed by atoms with Crippen molar-refractivity contribution in [2.24, 2.45) is 0 Å². The van der Waals surface area contributed by atoms with Gasteiger partial charge in [0.2, 0.25) is 0 Å². The standard InChI is InChI=1S/C22H22ClN3O/c1-26(16-18-5-3-2-4-6-18)22(27)21-12-11-20(15-25-21)24-14-13-17-7-9-19(23)10-8-17/h2-12,15,24H,13-14,16H2,1H3. The number of carbonyl (C=O) groups excluding carboxylic acids is 1. The van der Waals surface area contributed by atoms with E-state index in [4.69, 9.17) is 11.6 Å². The average Bonchev–Trinajstić information content (AvgIpc) is 2.70. The number of anilines is 1. The number of hydrogen-bond acceptors (Lipinski definition) is 3. The van der Waals surface area contributed by atoms with Gasteiger partial charge in [-0.15, -0.1) is 0 Å². The van der Waals surface area contributed by atoms with Crippen LogP contribution < -0.4 is 5.32 Å². The monoisotopic (exact) mass is 379 g/mol. The van der Waals surface area contributed by atoms with Crippen molar-refractivity contribution in [1.29, 1.82) is 0 Å². The van der Waals surface area contributed by atoms with Crippen LogP contribution in [-0.4, -0.2) is 29.4 Å². The average molecular weight is 380 g/mol. The smallest absolute Gasteiger partial charge is 0.272 e. The van der Waals surface area contributed by atoms with Crippen LogP contribution in [-0.2, 0) is 13.0 Å². The Kier molecular flexibility index (Phi) is 6.44. The molecule has 138 valence electrons. The van der Waals surface area contributed by atoms with Crippen molar-refractivity contribution in [3.63, 3.8) is 0 Å². The number of rotatable bonds is 7. The first kappa shape index (κ1) is 18.9. The van der Waals surface area contributed by atoms with Crippen molar-refractivity contribution in [2.45, 2.75) is 13.0 Å². The van der Waals surface area contributed by atoms with E-state index in [9.17, 15) is 4.79 Å². The predicted octanol–water partition coefficient (Wildman–Crippen LogP) is 4.66. The van der Waals surface area contributed by atoms with Crippen LogP contribution in [0.2, 0.25) is 5.02 Å². The Bertz CT molecular complexity index is 864. The summed E-state index contributed by atoms with van der Waals surface area (Å²) in [5, 5.41) is 4.07. The lowest BCUT2D eigenvalue weighted by Crippen LogP contribution is -2.27. The molecule has 3 aromatic rings. The van der Waals surface area contributed by atoms with Crippen LogP contribution in [0.15, 0.2) is 72.9 Å². The number of benzene rings is 2. The number of halogens is 1. The molecule has 1 heterocycles. The molecule has 3 rings (SSSR count). The zero-order valence-electron chi connectivity index (χ0n) is 15.2. The van der Waals surface area contributed by atoms with Crippen molar-refractivity contribution >= 4 is 23.2 Å². The van der Waals surface area contributed by atoms with Gasteiger partial charge in [-0.05, 0) is 41.8 Å². The summed E-state index contributed by atoms with van der Waals surface area (Å²) in [5.74, 6) is -0.0911. The maximum atomic E-state index is 12.5. The first-order chi connectivity index (χ1) is 13.1. The second-order valence-electron chi connectivity index (χ2n) is 6.38. The molecule has 2 aromatic carbocycles. The Morgan fingerprint density at radius 2 is 1.74 bits per heavy atom. The van der Waals surface area contributed by atoms with Gasteiger partial charge in [-0.25, -0.2) is 4.98 Å². The van der Waals surface area contributed by atoms with Gasteiger partial charge < -0.3 is 10.2 Å².